The van der Waals surface area contributed by atoms with Crippen LogP contribution in [0.1, 0.15) is 16.8 Å². The van der Waals surface area contributed by atoms with Gasteiger partial charge in [0.2, 0.25) is 0 Å². The summed E-state index contributed by atoms with van der Waals surface area (Å²) < 4.78 is 31.8. The van der Waals surface area contributed by atoms with Crippen molar-refractivity contribution in [1.82, 2.24) is 9.97 Å². The predicted octanol–water partition coefficient (Wildman–Crippen LogP) is 4.01. The van der Waals surface area contributed by atoms with Gasteiger partial charge in [-0.15, -0.1) is 0 Å². The Bertz CT molecular complexity index is 1020. The second kappa shape index (κ2) is 7.03. The lowest BCUT2D eigenvalue weighted by atomic mass is 10.1. The van der Waals surface area contributed by atoms with E-state index in [0.717, 1.165) is 22.3 Å². The van der Waals surface area contributed by atoms with Gasteiger partial charge in [0, 0.05) is 36.4 Å². The van der Waals surface area contributed by atoms with E-state index in [9.17, 15) is 13.6 Å². The molecule has 1 fully saturated rings. The number of nitrogens with one attached hydrogen (secondary N) is 1. The first kappa shape index (κ1) is 18.1. The third-order valence-corrected chi connectivity index (χ3v) is 4.71. The van der Waals surface area contributed by atoms with E-state index in [1.54, 1.807) is 29.3 Å². The molecule has 144 valence electrons. The average molecular weight is 384 g/mol. The highest BCUT2D eigenvalue weighted by Crippen LogP contribution is 2.34. The number of fused-ring (bicyclic) bond motifs is 1. The molecule has 3 aromatic rings. The van der Waals surface area contributed by atoms with E-state index >= 15 is 0 Å². The zero-order valence-corrected chi connectivity index (χ0v) is 15.2. The van der Waals surface area contributed by atoms with Gasteiger partial charge in [-0.2, -0.15) is 0 Å². The first-order valence-corrected chi connectivity index (χ1v) is 8.78. The van der Waals surface area contributed by atoms with Gasteiger partial charge < -0.3 is 15.0 Å². The summed E-state index contributed by atoms with van der Waals surface area (Å²) in [5, 5.41) is 4.00. The number of rotatable bonds is 4. The Morgan fingerprint density at radius 3 is 2.75 bits per heavy atom. The van der Waals surface area contributed by atoms with E-state index in [2.05, 4.69) is 20.0 Å². The Labute approximate surface area is 160 Å². The second-order valence-corrected chi connectivity index (χ2v) is 6.64. The molecular weight excluding hydrogens is 366 g/mol. The topological polar surface area (TPSA) is 67.3 Å². The maximum atomic E-state index is 13.6. The Kier molecular flexibility index (Phi) is 4.54. The van der Waals surface area contributed by atoms with Gasteiger partial charge >= 0.3 is 5.97 Å². The van der Waals surface area contributed by atoms with Crippen molar-refractivity contribution in [3.63, 3.8) is 0 Å². The maximum Gasteiger partial charge on any atom is 0.339 e. The van der Waals surface area contributed by atoms with Crippen LogP contribution in [0.5, 0.6) is 0 Å². The molecule has 6 nitrogen and oxygen atoms in total. The molecule has 1 saturated heterocycles. The SMILES string of the molecule is COC(=O)c1ccc(Nc2ccnc3ccc(N4CCC(F)(F)C4)cc23)nc1. The molecule has 0 spiro atoms. The number of nitrogens with zero attached hydrogens (tertiary/aromatic N) is 3. The van der Waals surface area contributed by atoms with Crippen molar-refractivity contribution in [2.45, 2.75) is 12.3 Å². The number of pyridine rings is 2. The number of aromatic nitrogens is 2. The number of alkyl halides is 2. The van der Waals surface area contributed by atoms with E-state index < -0.39 is 11.9 Å². The maximum absolute atomic E-state index is 13.6. The molecule has 2 aromatic heterocycles. The van der Waals surface area contributed by atoms with Crippen LogP contribution in [0.2, 0.25) is 0 Å². The summed E-state index contributed by atoms with van der Waals surface area (Å²) in [5.74, 6) is -2.57. The number of hydrogen-bond acceptors (Lipinski definition) is 6. The minimum Gasteiger partial charge on any atom is -0.465 e. The molecule has 1 aromatic carbocycles. The van der Waals surface area contributed by atoms with Gasteiger partial charge in [0.15, 0.2) is 0 Å². The van der Waals surface area contributed by atoms with Crippen LogP contribution >= 0.6 is 0 Å². The van der Waals surface area contributed by atoms with E-state index in [-0.39, 0.29) is 13.0 Å². The highest BCUT2D eigenvalue weighted by molar-refractivity contribution is 5.95. The minimum atomic E-state index is -2.66. The Hall–Kier alpha value is -3.29. The molecule has 0 radical (unpaired) electrons. The largest absolute Gasteiger partial charge is 0.465 e. The fourth-order valence-electron chi connectivity index (χ4n) is 3.24. The Morgan fingerprint density at radius 2 is 2.07 bits per heavy atom. The molecule has 3 heterocycles. The summed E-state index contributed by atoms with van der Waals surface area (Å²) >= 11 is 0. The average Bonchev–Trinajstić information content (AvgIpc) is 3.07. The number of benzene rings is 1. The van der Waals surface area contributed by atoms with Crippen molar-refractivity contribution >= 4 is 34.1 Å². The highest BCUT2D eigenvalue weighted by Gasteiger charge is 2.38. The van der Waals surface area contributed by atoms with Gasteiger partial charge in [-0.05, 0) is 36.4 Å². The fraction of sp³-hybridized carbons (Fsp3) is 0.250. The first-order valence-electron chi connectivity index (χ1n) is 8.78. The molecule has 0 amide bonds. The van der Waals surface area contributed by atoms with Crippen molar-refractivity contribution in [2.75, 3.05) is 30.4 Å². The van der Waals surface area contributed by atoms with Gasteiger partial charge in [0.1, 0.15) is 5.82 Å². The van der Waals surface area contributed by atoms with Crippen molar-refractivity contribution in [2.24, 2.45) is 0 Å². The van der Waals surface area contributed by atoms with Gasteiger partial charge in [-0.3, -0.25) is 4.98 Å². The monoisotopic (exact) mass is 384 g/mol. The lowest BCUT2D eigenvalue weighted by Crippen LogP contribution is -2.24. The third kappa shape index (κ3) is 3.58. The van der Waals surface area contributed by atoms with Gasteiger partial charge in [0.25, 0.3) is 5.92 Å². The lowest BCUT2D eigenvalue weighted by molar-refractivity contribution is 0.0257. The van der Waals surface area contributed by atoms with Crippen LogP contribution in [0.25, 0.3) is 10.9 Å². The van der Waals surface area contributed by atoms with E-state index in [4.69, 9.17) is 0 Å². The third-order valence-electron chi connectivity index (χ3n) is 4.71. The zero-order valence-electron chi connectivity index (χ0n) is 15.2. The molecular formula is C20H18F2N4O2. The summed E-state index contributed by atoms with van der Waals surface area (Å²) in [4.78, 5) is 21.8. The summed E-state index contributed by atoms with van der Waals surface area (Å²) in [6.45, 7) is 0.0379. The van der Waals surface area contributed by atoms with Crippen LogP contribution in [-0.4, -0.2) is 42.1 Å². The number of methoxy groups -OCH3 is 1. The standard InChI is InChI=1S/C20H18F2N4O2/c1-28-19(27)13-2-5-18(24-11-13)25-17-6-8-23-16-4-3-14(10-15(16)17)26-9-7-20(21,22)12-26/h2-6,8,10-11H,7,9,12H2,1H3,(H,23,24,25). The zero-order chi connectivity index (χ0) is 19.7. The molecule has 0 atom stereocenters. The van der Waals surface area contributed by atoms with Crippen LogP contribution in [0.3, 0.4) is 0 Å². The van der Waals surface area contributed by atoms with Crippen LogP contribution in [0.4, 0.5) is 26.0 Å². The van der Waals surface area contributed by atoms with E-state index in [1.165, 1.54) is 13.3 Å². The second-order valence-electron chi connectivity index (χ2n) is 6.64. The van der Waals surface area contributed by atoms with Crippen molar-refractivity contribution < 1.29 is 18.3 Å². The lowest BCUT2D eigenvalue weighted by Gasteiger charge is -2.19. The van der Waals surface area contributed by atoms with E-state index in [1.807, 2.05) is 18.2 Å². The number of carbonyl (C=O) groups is 1. The predicted molar refractivity (Wildman–Crippen MR) is 102 cm³/mol. The number of carbonyl (C=O) groups excluding carboxylic acids is 1. The number of esters is 1. The normalized spacial score (nSPS) is 15.6. The molecule has 0 unspecified atom stereocenters. The molecule has 1 aliphatic heterocycles. The molecule has 1 aliphatic rings. The van der Waals surface area contributed by atoms with Crippen molar-refractivity contribution in [1.29, 1.82) is 0 Å². The Balaban J connectivity index is 1.63. The quantitative estimate of drug-likeness (QED) is 0.686. The smallest absolute Gasteiger partial charge is 0.339 e. The number of halogens is 2. The number of hydrogen-bond donors (Lipinski definition) is 1. The first-order chi connectivity index (χ1) is 13.4. The summed E-state index contributed by atoms with van der Waals surface area (Å²) in [6.07, 6.45) is 2.95. The molecule has 4 rings (SSSR count). The molecule has 0 aliphatic carbocycles. The highest BCUT2D eigenvalue weighted by atomic mass is 19.3. The number of ether oxygens (including phenoxy) is 1. The van der Waals surface area contributed by atoms with Gasteiger partial charge in [-0.1, -0.05) is 0 Å². The molecule has 0 bridgehead atoms. The van der Waals surface area contributed by atoms with Crippen molar-refractivity contribution in [3.8, 4) is 0 Å². The fourth-order valence-corrected chi connectivity index (χ4v) is 3.24. The van der Waals surface area contributed by atoms with Crippen LogP contribution in [0, 0.1) is 0 Å². The molecule has 28 heavy (non-hydrogen) atoms. The number of anilines is 3. The summed E-state index contributed by atoms with van der Waals surface area (Å²) in [7, 11) is 1.31. The summed E-state index contributed by atoms with van der Waals surface area (Å²) in [5.41, 5.74) is 2.57. The molecule has 1 N–H and O–H groups in total. The minimum absolute atomic E-state index is 0.139. The van der Waals surface area contributed by atoms with Crippen LogP contribution in [-0.2, 0) is 4.74 Å². The molecule has 0 saturated carbocycles. The van der Waals surface area contributed by atoms with E-state index in [0.29, 0.717) is 17.9 Å². The van der Waals surface area contributed by atoms with Crippen molar-refractivity contribution in [3.05, 3.63) is 54.4 Å². The van der Waals surface area contributed by atoms with Gasteiger partial charge in [-0.25, -0.2) is 18.6 Å². The van der Waals surface area contributed by atoms with Crippen LogP contribution in [0.15, 0.2) is 48.8 Å². The molecule has 8 heteroatoms. The Morgan fingerprint density at radius 1 is 1.21 bits per heavy atom. The van der Waals surface area contributed by atoms with Crippen LogP contribution < -0.4 is 10.2 Å². The summed E-state index contributed by atoms with van der Waals surface area (Å²) in [6, 6.07) is 10.6. The van der Waals surface area contributed by atoms with Gasteiger partial charge in [0.05, 0.1) is 30.4 Å².